The lowest BCUT2D eigenvalue weighted by Gasteiger charge is -2.36. The van der Waals surface area contributed by atoms with Gasteiger partial charge in [0.15, 0.2) is 0 Å². The molecular formula is C19H30N2. The molecule has 1 fully saturated rings. The van der Waals surface area contributed by atoms with E-state index in [1.165, 1.54) is 51.7 Å². The molecule has 1 aromatic rings. The molecule has 1 aliphatic heterocycles. The number of aryl methyl sites for hydroxylation is 1. The Morgan fingerprint density at radius 3 is 2.71 bits per heavy atom. The Morgan fingerprint density at radius 1 is 1.19 bits per heavy atom. The molecule has 2 aliphatic rings. The quantitative estimate of drug-likeness (QED) is 0.886. The van der Waals surface area contributed by atoms with Crippen molar-refractivity contribution in [1.82, 2.24) is 10.2 Å². The zero-order valence-electron chi connectivity index (χ0n) is 13.6. The van der Waals surface area contributed by atoms with Crippen molar-refractivity contribution in [3.63, 3.8) is 0 Å². The van der Waals surface area contributed by atoms with Gasteiger partial charge in [0.25, 0.3) is 0 Å². The number of benzene rings is 1. The Morgan fingerprint density at radius 2 is 1.95 bits per heavy atom. The van der Waals surface area contributed by atoms with Gasteiger partial charge in [0.2, 0.25) is 0 Å². The molecule has 1 aliphatic carbocycles. The third-order valence-corrected chi connectivity index (χ3v) is 5.48. The molecule has 21 heavy (non-hydrogen) atoms. The molecule has 2 atom stereocenters. The van der Waals surface area contributed by atoms with Crippen molar-refractivity contribution < 1.29 is 0 Å². The van der Waals surface area contributed by atoms with Gasteiger partial charge in [0.05, 0.1) is 0 Å². The maximum absolute atomic E-state index is 3.93. The van der Waals surface area contributed by atoms with Crippen LogP contribution < -0.4 is 5.32 Å². The van der Waals surface area contributed by atoms with Crippen LogP contribution in [0.3, 0.4) is 0 Å². The highest BCUT2D eigenvalue weighted by molar-refractivity contribution is 5.34. The van der Waals surface area contributed by atoms with Crippen molar-refractivity contribution in [2.45, 2.75) is 58.0 Å². The van der Waals surface area contributed by atoms with E-state index < -0.39 is 0 Å². The van der Waals surface area contributed by atoms with Crippen molar-refractivity contribution in [3.05, 3.63) is 35.4 Å². The smallest absolute Gasteiger partial charge is 0.0328 e. The normalized spacial score (nSPS) is 25.0. The summed E-state index contributed by atoms with van der Waals surface area (Å²) in [5.74, 6) is 0.853. The number of hydrogen-bond acceptors (Lipinski definition) is 2. The molecule has 0 radical (unpaired) electrons. The lowest BCUT2D eigenvalue weighted by molar-refractivity contribution is 0.158. The van der Waals surface area contributed by atoms with Gasteiger partial charge in [-0.1, -0.05) is 31.2 Å². The molecule has 3 rings (SSSR count). The lowest BCUT2D eigenvalue weighted by atomic mass is 9.89. The largest absolute Gasteiger partial charge is 0.307 e. The number of nitrogens with zero attached hydrogens (tertiary/aromatic N) is 1. The standard InChI is InChI=1S/C19H30N2/c1-3-12-21-13-10-16(11-14-21)15(2)20-19-9-8-17-6-4-5-7-18(17)19/h4-7,15-16,19-20H,3,8-14H2,1-2H3. The number of rotatable bonds is 5. The lowest BCUT2D eigenvalue weighted by Crippen LogP contribution is -2.43. The molecule has 1 aromatic carbocycles. The number of hydrogen-bond donors (Lipinski definition) is 1. The molecule has 0 aromatic heterocycles. The summed E-state index contributed by atoms with van der Waals surface area (Å²) in [5, 5.41) is 3.93. The molecule has 2 unspecified atom stereocenters. The van der Waals surface area contributed by atoms with Crippen molar-refractivity contribution in [1.29, 1.82) is 0 Å². The second-order valence-electron chi connectivity index (χ2n) is 6.92. The fourth-order valence-electron chi connectivity index (χ4n) is 4.18. The zero-order chi connectivity index (χ0) is 14.7. The second-order valence-corrected chi connectivity index (χ2v) is 6.92. The summed E-state index contributed by atoms with van der Waals surface area (Å²) in [6.07, 6.45) is 6.54. The summed E-state index contributed by atoms with van der Waals surface area (Å²) >= 11 is 0. The molecule has 0 bridgehead atoms. The highest BCUT2D eigenvalue weighted by Crippen LogP contribution is 2.32. The van der Waals surface area contributed by atoms with Crippen molar-refractivity contribution in [2.24, 2.45) is 5.92 Å². The SMILES string of the molecule is CCCN1CCC(C(C)NC2CCc3ccccc32)CC1. The fraction of sp³-hybridized carbons (Fsp3) is 0.684. The van der Waals surface area contributed by atoms with Crippen LogP contribution in [-0.4, -0.2) is 30.6 Å². The van der Waals surface area contributed by atoms with Gasteiger partial charge >= 0.3 is 0 Å². The first-order valence-electron chi connectivity index (χ1n) is 8.84. The van der Waals surface area contributed by atoms with E-state index in [0.717, 1.165) is 5.92 Å². The topological polar surface area (TPSA) is 15.3 Å². The maximum Gasteiger partial charge on any atom is 0.0328 e. The highest BCUT2D eigenvalue weighted by Gasteiger charge is 2.28. The van der Waals surface area contributed by atoms with Gasteiger partial charge in [-0.2, -0.15) is 0 Å². The Bertz CT molecular complexity index is 449. The van der Waals surface area contributed by atoms with E-state index in [0.29, 0.717) is 12.1 Å². The third-order valence-electron chi connectivity index (χ3n) is 5.48. The van der Waals surface area contributed by atoms with Gasteiger partial charge in [-0.3, -0.25) is 0 Å². The minimum Gasteiger partial charge on any atom is -0.307 e. The molecule has 2 heteroatoms. The van der Waals surface area contributed by atoms with Crippen LogP contribution in [0.2, 0.25) is 0 Å². The van der Waals surface area contributed by atoms with E-state index in [1.54, 1.807) is 11.1 Å². The second kappa shape index (κ2) is 6.93. The summed E-state index contributed by atoms with van der Waals surface area (Å²) in [7, 11) is 0. The van der Waals surface area contributed by atoms with E-state index in [4.69, 9.17) is 0 Å². The van der Waals surface area contributed by atoms with Crippen molar-refractivity contribution in [2.75, 3.05) is 19.6 Å². The van der Waals surface area contributed by atoms with Crippen LogP contribution in [0.25, 0.3) is 0 Å². The first-order valence-corrected chi connectivity index (χ1v) is 8.84. The average Bonchev–Trinajstić information content (AvgIpc) is 2.92. The predicted molar refractivity (Wildman–Crippen MR) is 89.6 cm³/mol. The molecule has 0 spiro atoms. The van der Waals surface area contributed by atoms with Crippen LogP contribution in [0.1, 0.15) is 56.7 Å². The van der Waals surface area contributed by atoms with E-state index in [2.05, 4.69) is 48.3 Å². The monoisotopic (exact) mass is 286 g/mol. The van der Waals surface area contributed by atoms with Crippen LogP contribution in [-0.2, 0) is 6.42 Å². The summed E-state index contributed by atoms with van der Waals surface area (Å²) in [6.45, 7) is 8.57. The Hall–Kier alpha value is -0.860. The molecule has 0 saturated carbocycles. The highest BCUT2D eigenvalue weighted by atomic mass is 15.1. The molecule has 116 valence electrons. The molecule has 1 heterocycles. The van der Waals surface area contributed by atoms with Crippen LogP contribution in [0.5, 0.6) is 0 Å². The van der Waals surface area contributed by atoms with E-state index in [9.17, 15) is 0 Å². The zero-order valence-corrected chi connectivity index (χ0v) is 13.6. The van der Waals surface area contributed by atoms with E-state index >= 15 is 0 Å². The van der Waals surface area contributed by atoms with E-state index in [-0.39, 0.29) is 0 Å². The fourth-order valence-corrected chi connectivity index (χ4v) is 4.18. The van der Waals surface area contributed by atoms with Crippen LogP contribution in [0.4, 0.5) is 0 Å². The Kier molecular flexibility index (Phi) is 4.97. The number of fused-ring (bicyclic) bond motifs is 1. The first kappa shape index (κ1) is 15.1. The predicted octanol–water partition coefficient (Wildman–Crippen LogP) is 3.77. The Labute approximate surface area is 129 Å². The number of nitrogens with one attached hydrogen (secondary N) is 1. The molecule has 0 amide bonds. The maximum atomic E-state index is 3.93. The molecular weight excluding hydrogens is 256 g/mol. The molecule has 1 N–H and O–H groups in total. The Balaban J connectivity index is 1.52. The van der Waals surface area contributed by atoms with Gasteiger partial charge in [-0.05, 0) is 75.7 Å². The summed E-state index contributed by atoms with van der Waals surface area (Å²) in [5.41, 5.74) is 3.10. The summed E-state index contributed by atoms with van der Waals surface area (Å²) < 4.78 is 0. The molecule has 1 saturated heterocycles. The van der Waals surface area contributed by atoms with Gasteiger partial charge in [0.1, 0.15) is 0 Å². The minimum atomic E-state index is 0.588. The molecule has 2 nitrogen and oxygen atoms in total. The van der Waals surface area contributed by atoms with Gasteiger partial charge in [-0.15, -0.1) is 0 Å². The van der Waals surface area contributed by atoms with Crippen LogP contribution in [0, 0.1) is 5.92 Å². The van der Waals surface area contributed by atoms with E-state index in [1.807, 2.05) is 0 Å². The average molecular weight is 286 g/mol. The van der Waals surface area contributed by atoms with Crippen LogP contribution in [0.15, 0.2) is 24.3 Å². The van der Waals surface area contributed by atoms with Gasteiger partial charge in [0, 0.05) is 12.1 Å². The summed E-state index contributed by atoms with van der Waals surface area (Å²) in [4.78, 5) is 2.63. The van der Waals surface area contributed by atoms with Gasteiger partial charge in [-0.25, -0.2) is 0 Å². The number of likely N-dealkylation sites (tertiary alicyclic amines) is 1. The minimum absolute atomic E-state index is 0.588. The van der Waals surface area contributed by atoms with Crippen molar-refractivity contribution >= 4 is 0 Å². The van der Waals surface area contributed by atoms with Gasteiger partial charge < -0.3 is 10.2 Å². The number of piperidine rings is 1. The third kappa shape index (κ3) is 3.49. The van der Waals surface area contributed by atoms with Crippen molar-refractivity contribution in [3.8, 4) is 0 Å². The summed E-state index contributed by atoms with van der Waals surface area (Å²) in [6, 6.07) is 10.2. The first-order chi connectivity index (χ1) is 10.3. The van der Waals surface area contributed by atoms with Crippen LogP contribution >= 0.6 is 0 Å².